The molecule has 2 saturated heterocycles. The molecule has 0 aromatic heterocycles. The van der Waals surface area contributed by atoms with E-state index in [4.69, 9.17) is 23.7 Å². The van der Waals surface area contributed by atoms with E-state index in [1.165, 1.54) is 13.8 Å². The zero-order valence-corrected chi connectivity index (χ0v) is 14.2. The normalized spacial score (nSPS) is 36.2. The molecular weight excluding hydrogens is 344 g/mol. The number of carbonyl (C=O) groups excluding carboxylic acids is 3. The van der Waals surface area contributed by atoms with E-state index >= 15 is 0 Å². The number of hydrogen-bond acceptors (Lipinski definition) is 8. The standard InChI is InChI=1S/C18H18O8/c1-9(19)23-13-12-14(25-12)16-18(26-16,15(13)24-10(2)20)8-22-17(21)11-6-4-3-5-7-11/h3-7,12-16H,8H2,1-2H3/t12-,13+,14+,15+,16+,18+/m0/s1. The Morgan fingerprint density at radius 1 is 1.04 bits per heavy atom. The Morgan fingerprint density at radius 3 is 2.38 bits per heavy atom. The average molecular weight is 362 g/mol. The lowest BCUT2D eigenvalue weighted by molar-refractivity contribution is -0.175. The van der Waals surface area contributed by atoms with Crippen molar-refractivity contribution in [3.63, 3.8) is 0 Å². The minimum Gasteiger partial charge on any atom is -0.459 e. The summed E-state index contributed by atoms with van der Waals surface area (Å²) in [4.78, 5) is 35.2. The van der Waals surface area contributed by atoms with Crippen LogP contribution in [0.2, 0.25) is 0 Å². The first-order valence-electron chi connectivity index (χ1n) is 8.32. The van der Waals surface area contributed by atoms with Gasteiger partial charge in [-0.1, -0.05) is 18.2 Å². The van der Waals surface area contributed by atoms with Crippen molar-refractivity contribution in [3.8, 4) is 0 Å². The SMILES string of the molecule is CC(=O)O[C@@H]1[C@@H]2O[C@H]2[C@H]2O[C@]2(COC(=O)c2ccccc2)[C@@H]1OC(C)=O. The second kappa shape index (κ2) is 6.07. The summed E-state index contributed by atoms with van der Waals surface area (Å²) < 4.78 is 27.4. The van der Waals surface area contributed by atoms with Crippen LogP contribution in [-0.4, -0.2) is 60.6 Å². The van der Waals surface area contributed by atoms with Crippen LogP contribution in [-0.2, 0) is 33.3 Å². The van der Waals surface area contributed by atoms with Crippen molar-refractivity contribution >= 4 is 17.9 Å². The van der Waals surface area contributed by atoms with Crippen LogP contribution in [0.1, 0.15) is 24.2 Å². The number of fused-ring (bicyclic) bond motifs is 3. The van der Waals surface area contributed by atoms with E-state index in [0.717, 1.165) is 0 Å². The third-order valence-electron chi connectivity index (χ3n) is 4.77. The Hall–Kier alpha value is -2.45. The molecule has 3 fully saturated rings. The second-order valence-corrected chi connectivity index (χ2v) is 6.60. The first-order chi connectivity index (χ1) is 12.4. The van der Waals surface area contributed by atoms with Gasteiger partial charge in [0.05, 0.1) is 5.56 Å². The molecule has 2 heterocycles. The first kappa shape index (κ1) is 17.0. The van der Waals surface area contributed by atoms with Gasteiger partial charge in [-0.25, -0.2) is 4.79 Å². The molecule has 0 bridgehead atoms. The van der Waals surface area contributed by atoms with Gasteiger partial charge in [0.15, 0.2) is 17.8 Å². The fraction of sp³-hybridized carbons (Fsp3) is 0.500. The van der Waals surface area contributed by atoms with Gasteiger partial charge in [0, 0.05) is 13.8 Å². The molecule has 0 radical (unpaired) electrons. The first-order valence-corrected chi connectivity index (χ1v) is 8.32. The molecule has 0 N–H and O–H groups in total. The average Bonchev–Trinajstić information content (AvgIpc) is 3.49. The van der Waals surface area contributed by atoms with Crippen LogP contribution >= 0.6 is 0 Å². The lowest BCUT2D eigenvalue weighted by Crippen LogP contribution is -2.55. The number of carbonyl (C=O) groups is 3. The van der Waals surface area contributed by atoms with Gasteiger partial charge in [-0.05, 0) is 12.1 Å². The maximum absolute atomic E-state index is 12.2. The van der Waals surface area contributed by atoms with E-state index in [2.05, 4.69) is 0 Å². The summed E-state index contributed by atoms with van der Waals surface area (Å²) in [5.74, 6) is -1.58. The van der Waals surface area contributed by atoms with Gasteiger partial charge < -0.3 is 23.7 Å². The topological polar surface area (TPSA) is 104 Å². The minimum atomic E-state index is -1.06. The van der Waals surface area contributed by atoms with Crippen LogP contribution in [0.25, 0.3) is 0 Å². The number of hydrogen-bond donors (Lipinski definition) is 0. The van der Waals surface area contributed by atoms with E-state index in [-0.39, 0.29) is 24.9 Å². The fourth-order valence-electron chi connectivity index (χ4n) is 3.57. The smallest absolute Gasteiger partial charge is 0.338 e. The third-order valence-corrected chi connectivity index (χ3v) is 4.77. The summed E-state index contributed by atoms with van der Waals surface area (Å²) >= 11 is 0. The molecule has 138 valence electrons. The molecule has 1 aromatic rings. The third kappa shape index (κ3) is 2.85. The summed E-state index contributed by atoms with van der Waals surface area (Å²) in [5, 5.41) is 0. The zero-order valence-electron chi connectivity index (χ0n) is 14.2. The summed E-state index contributed by atoms with van der Waals surface area (Å²) in [5.41, 5.74) is -0.661. The van der Waals surface area contributed by atoms with Crippen molar-refractivity contribution in [2.24, 2.45) is 0 Å². The molecule has 2 aliphatic heterocycles. The predicted octanol–water partition coefficient (Wildman–Crippen LogP) is 0.625. The molecular formula is C18H18O8. The Bertz CT molecular complexity index is 747. The van der Waals surface area contributed by atoms with E-state index < -0.39 is 35.7 Å². The van der Waals surface area contributed by atoms with Gasteiger partial charge in [0.2, 0.25) is 0 Å². The monoisotopic (exact) mass is 362 g/mol. The van der Waals surface area contributed by atoms with Crippen molar-refractivity contribution < 1.29 is 38.1 Å². The maximum atomic E-state index is 12.2. The molecule has 8 nitrogen and oxygen atoms in total. The van der Waals surface area contributed by atoms with Crippen LogP contribution in [0.5, 0.6) is 0 Å². The summed E-state index contributed by atoms with van der Waals surface area (Å²) in [6.07, 6.45) is -2.71. The van der Waals surface area contributed by atoms with Crippen molar-refractivity contribution in [2.45, 2.75) is 50.0 Å². The molecule has 8 heteroatoms. The van der Waals surface area contributed by atoms with Gasteiger partial charge in [-0.2, -0.15) is 0 Å². The molecule has 0 amide bonds. The molecule has 1 aliphatic carbocycles. The number of epoxide rings is 2. The second-order valence-electron chi connectivity index (χ2n) is 6.60. The maximum Gasteiger partial charge on any atom is 0.338 e. The van der Waals surface area contributed by atoms with Crippen LogP contribution < -0.4 is 0 Å². The Labute approximate surface area is 149 Å². The Morgan fingerprint density at radius 2 is 1.73 bits per heavy atom. The van der Waals surface area contributed by atoms with Gasteiger partial charge in [-0.15, -0.1) is 0 Å². The summed E-state index contributed by atoms with van der Waals surface area (Å²) in [6, 6.07) is 8.52. The molecule has 0 spiro atoms. The quantitative estimate of drug-likeness (QED) is 0.427. The zero-order chi connectivity index (χ0) is 18.5. The lowest BCUT2D eigenvalue weighted by Gasteiger charge is -2.32. The van der Waals surface area contributed by atoms with E-state index in [9.17, 15) is 14.4 Å². The Kier molecular flexibility index (Phi) is 3.96. The lowest BCUT2D eigenvalue weighted by atomic mass is 9.84. The van der Waals surface area contributed by atoms with Gasteiger partial charge >= 0.3 is 17.9 Å². The molecule has 26 heavy (non-hydrogen) atoms. The molecule has 1 saturated carbocycles. The molecule has 1 aromatic carbocycles. The van der Waals surface area contributed by atoms with Gasteiger partial charge in [-0.3, -0.25) is 9.59 Å². The van der Waals surface area contributed by atoms with E-state index in [1.54, 1.807) is 30.3 Å². The molecule has 6 atom stereocenters. The van der Waals surface area contributed by atoms with Crippen molar-refractivity contribution in [1.82, 2.24) is 0 Å². The largest absolute Gasteiger partial charge is 0.459 e. The highest BCUT2D eigenvalue weighted by molar-refractivity contribution is 5.89. The van der Waals surface area contributed by atoms with Crippen molar-refractivity contribution in [3.05, 3.63) is 35.9 Å². The highest BCUT2D eigenvalue weighted by atomic mass is 16.7. The van der Waals surface area contributed by atoms with Gasteiger partial charge in [0.25, 0.3) is 0 Å². The summed E-state index contributed by atoms with van der Waals surface area (Å²) in [7, 11) is 0. The van der Waals surface area contributed by atoms with E-state index in [1.807, 2.05) is 0 Å². The van der Waals surface area contributed by atoms with Crippen LogP contribution in [0.3, 0.4) is 0 Å². The fourth-order valence-corrected chi connectivity index (χ4v) is 3.57. The molecule has 4 rings (SSSR count). The van der Waals surface area contributed by atoms with Crippen LogP contribution in [0, 0.1) is 0 Å². The van der Waals surface area contributed by atoms with Crippen molar-refractivity contribution in [2.75, 3.05) is 6.61 Å². The highest BCUT2D eigenvalue weighted by Crippen LogP contribution is 2.57. The number of benzene rings is 1. The molecule has 0 unspecified atom stereocenters. The Balaban J connectivity index is 1.52. The molecule has 3 aliphatic rings. The predicted molar refractivity (Wildman–Crippen MR) is 84.1 cm³/mol. The highest BCUT2D eigenvalue weighted by Gasteiger charge is 2.81. The number of esters is 3. The van der Waals surface area contributed by atoms with Crippen LogP contribution in [0.4, 0.5) is 0 Å². The number of ether oxygens (including phenoxy) is 5. The van der Waals surface area contributed by atoms with Gasteiger partial charge in [0.1, 0.15) is 24.9 Å². The van der Waals surface area contributed by atoms with Crippen molar-refractivity contribution in [1.29, 1.82) is 0 Å². The van der Waals surface area contributed by atoms with E-state index in [0.29, 0.717) is 5.56 Å². The minimum absolute atomic E-state index is 0.131. The summed E-state index contributed by atoms with van der Waals surface area (Å²) in [6.45, 7) is 2.39. The number of rotatable bonds is 5. The van der Waals surface area contributed by atoms with Crippen LogP contribution in [0.15, 0.2) is 30.3 Å².